The molecular formula is C25H29F3N2O2. The van der Waals surface area contributed by atoms with Gasteiger partial charge in [0.25, 0.3) is 0 Å². The average molecular weight is 447 g/mol. The topological polar surface area (TPSA) is 41.6 Å². The molecule has 1 N–H and O–H groups in total. The van der Waals surface area contributed by atoms with Crippen molar-refractivity contribution in [3.05, 3.63) is 71.8 Å². The Morgan fingerprint density at radius 2 is 1.59 bits per heavy atom. The van der Waals surface area contributed by atoms with Crippen LogP contribution in [0.15, 0.2) is 60.7 Å². The third kappa shape index (κ3) is 4.55. The fourth-order valence-electron chi connectivity index (χ4n) is 4.95. The van der Waals surface area contributed by atoms with Crippen molar-refractivity contribution in [2.24, 2.45) is 5.41 Å². The van der Waals surface area contributed by atoms with Gasteiger partial charge in [0.15, 0.2) is 5.41 Å². The maximum atomic E-state index is 14.3. The summed E-state index contributed by atoms with van der Waals surface area (Å²) in [5.41, 5.74) is -0.826. The standard InChI is InChI=1S/C25H29F3N2O2/c26-25(27,28)24(11-14-30(19-24)17-20-7-3-1-4-8-20)22(31)29-18-23(12-15-32-16-13-23)21-9-5-2-6-10-21/h1-10H,11-19H2,(H,29,31). The van der Waals surface area contributed by atoms with Crippen LogP contribution in [0.5, 0.6) is 0 Å². The van der Waals surface area contributed by atoms with Gasteiger partial charge in [0.1, 0.15) is 0 Å². The lowest BCUT2D eigenvalue weighted by Crippen LogP contribution is -2.55. The zero-order chi connectivity index (χ0) is 22.7. The van der Waals surface area contributed by atoms with E-state index in [1.807, 2.05) is 60.7 Å². The molecule has 2 aromatic carbocycles. The van der Waals surface area contributed by atoms with E-state index >= 15 is 0 Å². The van der Waals surface area contributed by atoms with Crippen LogP contribution in [0.4, 0.5) is 13.2 Å². The third-order valence-corrected chi connectivity index (χ3v) is 7.00. The first-order chi connectivity index (χ1) is 15.3. The number of carbonyl (C=O) groups excluding carboxylic acids is 1. The van der Waals surface area contributed by atoms with Crippen molar-refractivity contribution in [2.45, 2.75) is 37.4 Å². The Balaban J connectivity index is 1.50. The van der Waals surface area contributed by atoms with Crippen LogP contribution in [0.2, 0.25) is 0 Å². The van der Waals surface area contributed by atoms with Gasteiger partial charge in [0, 0.05) is 38.3 Å². The molecule has 2 aromatic rings. The van der Waals surface area contributed by atoms with E-state index in [9.17, 15) is 18.0 Å². The summed E-state index contributed by atoms with van der Waals surface area (Å²) in [7, 11) is 0. The molecule has 2 heterocycles. The van der Waals surface area contributed by atoms with Gasteiger partial charge in [0.05, 0.1) is 0 Å². The Bertz CT molecular complexity index is 898. The molecule has 2 aliphatic heterocycles. The van der Waals surface area contributed by atoms with Crippen molar-refractivity contribution in [2.75, 3.05) is 32.8 Å². The van der Waals surface area contributed by atoms with Crippen molar-refractivity contribution in [3.63, 3.8) is 0 Å². The predicted molar refractivity (Wildman–Crippen MR) is 116 cm³/mol. The SMILES string of the molecule is O=C(NCC1(c2ccccc2)CCOCC1)C1(C(F)(F)F)CCN(Cc2ccccc2)C1. The summed E-state index contributed by atoms with van der Waals surface area (Å²) in [4.78, 5) is 14.9. The largest absolute Gasteiger partial charge is 0.404 e. The normalized spacial score (nSPS) is 23.7. The van der Waals surface area contributed by atoms with E-state index in [1.54, 1.807) is 4.90 Å². The van der Waals surface area contributed by atoms with E-state index in [4.69, 9.17) is 4.74 Å². The highest BCUT2D eigenvalue weighted by atomic mass is 19.4. The zero-order valence-electron chi connectivity index (χ0n) is 18.0. The lowest BCUT2D eigenvalue weighted by Gasteiger charge is -2.39. The summed E-state index contributed by atoms with van der Waals surface area (Å²) in [6.45, 7) is 1.55. The van der Waals surface area contributed by atoms with Crippen molar-refractivity contribution in [1.29, 1.82) is 0 Å². The number of benzene rings is 2. The molecule has 4 nitrogen and oxygen atoms in total. The molecule has 4 rings (SSSR count). The van der Waals surface area contributed by atoms with E-state index in [-0.39, 0.29) is 26.1 Å². The molecule has 1 amide bonds. The highest BCUT2D eigenvalue weighted by molar-refractivity contribution is 5.84. The van der Waals surface area contributed by atoms with Crippen molar-refractivity contribution in [1.82, 2.24) is 10.2 Å². The van der Waals surface area contributed by atoms with Gasteiger partial charge in [-0.05, 0) is 36.9 Å². The van der Waals surface area contributed by atoms with Crippen LogP contribution in [0.1, 0.15) is 30.4 Å². The second kappa shape index (κ2) is 9.24. The number of ether oxygens (including phenoxy) is 1. The summed E-state index contributed by atoms with van der Waals surface area (Å²) in [6, 6.07) is 19.1. The number of nitrogens with zero attached hydrogens (tertiary/aromatic N) is 1. The number of rotatable bonds is 6. The van der Waals surface area contributed by atoms with E-state index < -0.39 is 22.9 Å². The molecular weight excluding hydrogens is 417 g/mol. The number of likely N-dealkylation sites (tertiary alicyclic amines) is 1. The van der Waals surface area contributed by atoms with Crippen LogP contribution in [0, 0.1) is 5.41 Å². The maximum absolute atomic E-state index is 14.3. The smallest absolute Gasteiger partial charge is 0.381 e. The number of hydrogen-bond acceptors (Lipinski definition) is 3. The van der Waals surface area contributed by atoms with Crippen LogP contribution in [0.25, 0.3) is 0 Å². The van der Waals surface area contributed by atoms with E-state index in [0.717, 1.165) is 11.1 Å². The minimum Gasteiger partial charge on any atom is -0.381 e. The first-order valence-electron chi connectivity index (χ1n) is 11.1. The van der Waals surface area contributed by atoms with Gasteiger partial charge in [-0.25, -0.2) is 0 Å². The maximum Gasteiger partial charge on any atom is 0.404 e. The first-order valence-corrected chi connectivity index (χ1v) is 11.1. The molecule has 0 spiro atoms. The van der Waals surface area contributed by atoms with Crippen LogP contribution in [-0.2, 0) is 21.5 Å². The molecule has 32 heavy (non-hydrogen) atoms. The Morgan fingerprint density at radius 1 is 0.969 bits per heavy atom. The highest BCUT2D eigenvalue weighted by Crippen LogP contribution is 2.46. The van der Waals surface area contributed by atoms with Gasteiger partial charge in [-0.1, -0.05) is 60.7 Å². The Labute approximate surface area is 186 Å². The zero-order valence-corrected chi connectivity index (χ0v) is 18.0. The summed E-state index contributed by atoms with van der Waals surface area (Å²) in [5, 5.41) is 2.72. The minimum atomic E-state index is -4.61. The lowest BCUT2D eigenvalue weighted by molar-refractivity contribution is -0.218. The lowest BCUT2D eigenvalue weighted by atomic mass is 9.73. The molecule has 0 radical (unpaired) electrons. The van der Waals surface area contributed by atoms with Crippen LogP contribution >= 0.6 is 0 Å². The fourth-order valence-corrected chi connectivity index (χ4v) is 4.95. The van der Waals surface area contributed by atoms with Crippen molar-refractivity contribution >= 4 is 5.91 Å². The van der Waals surface area contributed by atoms with Crippen LogP contribution < -0.4 is 5.32 Å². The van der Waals surface area contributed by atoms with Gasteiger partial charge in [-0.2, -0.15) is 13.2 Å². The van der Waals surface area contributed by atoms with E-state index in [2.05, 4.69) is 5.32 Å². The Morgan fingerprint density at radius 3 is 2.22 bits per heavy atom. The highest BCUT2D eigenvalue weighted by Gasteiger charge is 2.63. The molecule has 0 aliphatic carbocycles. The Kier molecular flexibility index (Phi) is 6.58. The first kappa shape index (κ1) is 22.8. The molecule has 1 atom stereocenters. The molecule has 2 saturated heterocycles. The van der Waals surface area contributed by atoms with E-state index in [1.165, 1.54) is 0 Å². The van der Waals surface area contributed by atoms with Gasteiger partial charge < -0.3 is 10.1 Å². The molecule has 0 saturated carbocycles. The fraction of sp³-hybridized carbons (Fsp3) is 0.480. The van der Waals surface area contributed by atoms with Crippen molar-refractivity contribution in [3.8, 4) is 0 Å². The molecule has 2 aliphatic rings. The summed E-state index contributed by atoms with van der Waals surface area (Å²) in [6.07, 6.45) is -3.51. The second-order valence-electron chi connectivity index (χ2n) is 8.97. The summed E-state index contributed by atoms with van der Waals surface area (Å²) in [5.74, 6) is -0.914. The minimum absolute atomic E-state index is 0.176. The monoisotopic (exact) mass is 446 g/mol. The number of halogens is 3. The number of hydrogen-bond donors (Lipinski definition) is 1. The number of carbonyl (C=O) groups is 1. The third-order valence-electron chi connectivity index (χ3n) is 7.00. The molecule has 0 bridgehead atoms. The number of alkyl halides is 3. The van der Waals surface area contributed by atoms with Gasteiger partial charge in [-0.3, -0.25) is 9.69 Å². The van der Waals surface area contributed by atoms with Crippen LogP contribution in [-0.4, -0.2) is 49.8 Å². The molecule has 1 unspecified atom stereocenters. The molecule has 2 fully saturated rings. The Hall–Kier alpha value is -2.38. The molecule has 172 valence electrons. The van der Waals surface area contributed by atoms with E-state index in [0.29, 0.717) is 32.6 Å². The summed E-state index contributed by atoms with van der Waals surface area (Å²) >= 11 is 0. The van der Waals surface area contributed by atoms with Crippen molar-refractivity contribution < 1.29 is 22.7 Å². The molecule has 0 aromatic heterocycles. The number of amides is 1. The average Bonchev–Trinajstić information content (AvgIpc) is 3.25. The van der Waals surface area contributed by atoms with Gasteiger partial charge in [0.2, 0.25) is 5.91 Å². The number of nitrogens with one attached hydrogen (secondary N) is 1. The molecule has 7 heteroatoms. The van der Waals surface area contributed by atoms with Crippen LogP contribution in [0.3, 0.4) is 0 Å². The summed E-state index contributed by atoms with van der Waals surface area (Å²) < 4.78 is 48.3. The second-order valence-corrected chi connectivity index (χ2v) is 8.97. The quantitative estimate of drug-likeness (QED) is 0.719. The van der Waals surface area contributed by atoms with Gasteiger partial charge >= 0.3 is 6.18 Å². The predicted octanol–water partition coefficient (Wildman–Crippen LogP) is 4.31. The van der Waals surface area contributed by atoms with Gasteiger partial charge in [-0.15, -0.1) is 0 Å².